The molecule has 2 aromatic rings. The fourth-order valence-electron chi connectivity index (χ4n) is 4.46. The predicted molar refractivity (Wildman–Crippen MR) is 93.6 cm³/mol. The number of imidazole rings is 1. The summed E-state index contributed by atoms with van der Waals surface area (Å²) in [6, 6.07) is 5.38. The molecule has 2 aliphatic rings. The third kappa shape index (κ3) is 3.01. The van der Waals surface area contributed by atoms with Crippen LogP contribution in [0.2, 0.25) is 0 Å². The van der Waals surface area contributed by atoms with Crippen LogP contribution in [0, 0.1) is 0 Å². The van der Waals surface area contributed by atoms with E-state index in [1.165, 1.54) is 63.7 Å². The minimum atomic E-state index is 0.604. The van der Waals surface area contributed by atoms with E-state index in [0.29, 0.717) is 12.1 Å². The molecule has 0 spiro atoms. The average molecular weight is 312 g/mol. The first kappa shape index (κ1) is 15.1. The van der Waals surface area contributed by atoms with E-state index < -0.39 is 0 Å². The largest absolute Gasteiger partial charge is 0.310 e. The van der Waals surface area contributed by atoms with Gasteiger partial charge in [0, 0.05) is 24.7 Å². The number of likely N-dealkylation sites (tertiary alicyclic amines) is 1. The standard InChI is InChI=1S/C19H28N4/c1-22-13-6-5-10-16(22)14-18-21-17-11-7-12-20-19(17)23(18)15-8-3-2-4-9-15/h7,11-12,15-16H,2-6,8-10,13-14H2,1H3. The monoisotopic (exact) mass is 312 g/mol. The highest BCUT2D eigenvalue weighted by molar-refractivity contribution is 5.71. The number of aromatic nitrogens is 3. The second-order valence-electron chi connectivity index (χ2n) is 7.37. The molecule has 1 saturated carbocycles. The van der Waals surface area contributed by atoms with Crippen LogP contribution in [-0.4, -0.2) is 39.1 Å². The number of hydrogen-bond donors (Lipinski definition) is 0. The fourth-order valence-corrected chi connectivity index (χ4v) is 4.46. The lowest BCUT2D eigenvalue weighted by Gasteiger charge is -2.33. The first-order chi connectivity index (χ1) is 11.3. The number of pyridine rings is 1. The van der Waals surface area contributed by atoms with E-state index in [-0.39, 0.29) is 0 Å². The van der Waals surface area contributed by atoms with Crippen molar-refractivity contribution in [1.29, 1.82) is 0 Å². The SMILES string of the molecule is CN1CCCCC1Cc1nc2cccnc2n1C1CCCCC1. The first-order valence-corrected chi connectivity index (χ1v) is 9.35. The summed E-state index contributed by atoms with van der Waals surface area (Å²) >= 11 is 0. The van der Waals surface area contributed by atoms with E-state index in [1.807, 2.05) is 12.3 Å². The van der Waals surface area contributed by atoms with E-state index in [9.17, 15) is 0 Å². The molecular weight excluding hydrogens is 284 g/mol. The Bertz CT molecular complexity index is 656. The minimum Gasteiger partial charge on any atom is -0.310 e. The van der Waals surface area contributed by atoms with E-state index in [4.69, 9.17) is 4.98 Å². The van der Waals surface area contributed by atoms with Crippen LogP contribution in [-0.2, 0) is 6.42 Å². The number of hydrogen-bond acceptors (Lipinski definition) is 3. The quantitative estimate of drug-likeness (QED) is 0.860. The van der Waals surface area contributed by atoms with Gasteiger partial charge in [-0.3, -0.25) is 0 Å². The molecule has 4 rings (SSSR count). The summed E-state index contributed by atoms with van der Waals surface area (Å²) in [7, 11) is 2.27. The molecule has 23 heavy (non-hydrogen) atoms. The molecule has 0 amide bonds. The summed E-state index contributed by atoms with van der Waals surface area (Å²) in [5, 5.41) is 0. The molecule has 2 aromatic heterocycles. The van der Waals surface area contributed by atoms with Crippen LogP contribution in [0.25, 0.3) is 11.2 Å². The van der Waals surface area contributed by atoms with E-state index in [1.54, 1.807) is 0 Å². The Hall–Kier alpha value is -1.42. The summed E-state index contributed by atoms with van der Waals surface area (Å²) in [6.45, 7) is 1.23. The van der Waals surface area contributed by atoms with Crippen molar-refractivity contribution >= 4 is 11.2 Å². The van der Waals surface area contributed by atoms with Crippen molar-refractivity contribution in [2.45, 2.75) is 69.9 Å². The van der Waals surface area contributed by atoms with Crippen LogP contribution in [0.4, 0.5) is 0 Å². The van der Waals surface area contributed by atoms with Gasteiger partial charge in [-0.25, -0.2) is 9.97 Å². The zero-order valence-electron chi connectivity index (χ0n) is 14.2. The third-order valence-corrected chi connectivity index (χ3v) is 5.80. The lowest BCUT2D eigenvalue weighted by molar-refractivity contribution is 0.180. The Morgan fingerprint density at radius 1 is 1.09 bits per heavy atom. The van der Waals surface area contributed by atoms with Crippen LogP contribution < -0.4 is 0 Å². The van der Waals surface area contributed by atoms with Crippen molar-refractivity contribution in [2.75, 3.05) is 13.6 Å². The summed E-state index contributed by atoms with van der Waals surface area (Å²) in [5.74, 6) is 1.27. The van der Waals surface area contributed by atoms with Gasteiger partial charge in [-0.1, -0.05) is 25.7 Å². The van der Waals surface area contributed by atoms with Gasteiger partial charge in [-0.05, 0) is 51.4 Å². The number of rotatable bonds is 3. The molecule has 0 aromatic carbocycles. The molecule has 1 aliphatic carbocycles. The molecule has 0 radical (unpaired) electrons. The molecule has 2 fully saturated rings. The van der Waals surface area contributed by atoms with Gasteiger partial charge in [0.2, 0.25) is 0 Å². The van der Waals surface area contributed by atoms with Crippen molar-refractivity contribution in [1.82, 2.24) is 19.4 Å². The lowest BCUT2D eigenvalue weighted by Crippen LogP contribution is -2.38. The van der Waals surface area contributed by atoms with Crippen LogP contribution >= 0.6 is 0 Å². The fraction of sp³-hybridized carbons (Fsp3) is 0.684. The summed E-state index contributed by atoms with van der Waals surface area (Å²) in [4.78, 5) is 12.2. The summed E-state index contributed by atoms with van der Waals surface area (Å²) < 4.78 is 2.50. The zero-order chi connectivity index (χ0) is 15.6. The maximum absolute atomic E-state index is 4.99. The molecule has 0 bridgehead atoms. The predicted octanol–water partition coefficient (Wildman–Crippen LogP) is 3.96. The molecule has 1 unspecified atom stereocenters. The lowest BCUT2D eigenvalue weighted by atomic mass is 9.94. The maximum Gasteiger partial charge on any atom is 0.160 e. The molecule has 3 heterocycles. The van der Waals surface area contributed by atoms with Crippen LogP contribution in [0.5, 0.6) is 0 Å². The molecule has 4 heteroatoms. The number of nitrogens with zero attached hydrogens (tertiary/aromatic N) is 4. The van der Waals surface area contributed by atoms with Gasteiger partial charge in [-0.2, -0.15) is 0 Å². The van der Waals surface area contributed by atoms with E-state index in [0.717, 1.165) is 17.6 Å². The second-order valence-corrected chi connectivity index (χ2v) is 7.37. The highest BCUT2D eigenvalue weighted by Crippen LogP contribution is 2.32. The Morgan fingerprint density at radius 2 is 1.91 bits per heavy atom. The number of piperidine rings is 1. The van der Waals surface area contributed by atoms with Crippen LogP contribution in [0.15, 0.2) is 18.3 Å². The molecule has 124 valence electrons. The van der Waals surface area contributed by atoms with Gasteiger partial charge >= 0.3 is 0 Å². The van der Waals surface area contributed by atoms with Gasteiger partial charge in [0.25, 0.3) is 0 Å². The van der Waals surface area contributed by atoms with E-state index >= 15 is 0 Å². The third-order valence-electron chi connectivity index (χ3n) is 5.80. The number of fused-ring (bicyclic) bond motifs is 1. The van der Waals surface area contributed by atoms with Crippen molar-refractivity contribution in [3.05, 3.63) is 24.2 Å². The molecule has 1 aliphatic heterocycles. The highest BCUT2D eigenvalue weighted by Gasteiger charge is 2.26. The minimum absolute atomic E-state index is 0.604. The van der Waals surface area contributed by atoms with E-state index in [2.05, 4.69) is 27.6 Å². The zero-order valence-corrected chi connectivity index (χ0v) is 14.2. The highest BCUT2D eigenvalue weighted by atomic mass is 15.2. The van der Waals surface area contributed by atoms with Gasteiger partial charge in [-0.15, -0.1) is 0 Å². The van der Waals surface area contributed by atoms with Gasteiger partial charge in [0.1, 0.15) is 11.3 Å². The van der Waals surface area contributed by atoms with Crippen molar-refractivity contribution in [3.8, 4) is 0 Å². The van der Waals surface area contributed by atoms with Gasteiger partial charge in [0.15, 0.2) is 5.65 Å². The van der Waals surface area contributed by atoms with Gasteiger partial charge < -0.3 is 9.47 Å². The average Bonchev–Trinajstić information content (AvgIpc) is 2.95. The Morgan fingerprint density at radius 3 is 2.74 bits per heavy atom. The molecule has 0 N–H and O–H groups in total. The van der Waals surface area contributed by atoms with Crippen LogP contribution in [0.1, 0.15) is 63.2 Å². The second kappa shape index (κ2) is 6.60. The Balaban J connectivity index is 1.69. The number of likely N-dealkylation sites (N-methyl/N-ethyl adjacent to an activating group) is 1. The molecule has 1 saturated heterocycles. The molecular formula is C19H28N4. The molecule has 1 atom stereocenters. The molecule has 4 nitrogen and oxygen atoms in total. The van der Waals surface area contributed by atoms with Crippen molar-refractivity contribution in [3.63, 3.8) is 0 Å². The van der Waals surface area contributed by atoms with Gasteiger partial charge in [0.05, 0.1) is 0 Å². The maximum atomic E-state index is 4.99. The Labute approximate surface area is 138 Å². The normalized spacial score (nSPS) is 24.3. The summed E-state index contributed by atoms with van der Waals surface area (Å²) in [6.07, 6.45) is 13.6. The van der Waals surface area contributed by atoms with Crippen molar-refractivity contribution < 1.29 is 0 Å². The van der Waals surface area contributed by atoms with Crippen LogP contribution in [0.3, 0.4) is 0 Å². The topological polar surface area (TPSA) is 34.0 Å². The van der Waals surface area contributed by atoms with Crippen molar-refractivity contribution in [2.24, 2.45) is 0 Å². The summed E-state index contributed by atoms with van der Waals surface area (Å²) in [5.41, 5.74) is 2.18. The first-order valence-electron chi connectivity index (χ1n) is 9.35. The smallest absolute Gasteiger partial charge is 0.160 e. The Kier molecular flexibility index (Phi) is 4.34.